The zero-order valence-electron chi connectivity index (χ0n) is 18.7. The molecule has 0 spiro atoms. The molecule has 2 heterocycles. The third kappa shape index (κ3) is 5.04. The van der Waals surface area contributed by atoms with E-state index >= 15 is 0 Å². The second-order valence-corrected chi connectivity index (χ2v) is 7.84. The zero-order valence-corrected chi connectivity index (χ0v) is 18.7. The van der Waals surface area contributed by atoms with Crippen molar-refractivity contribution in [2.45, 2.75) is 19.8 Å². The summed E-state index contributed by atoms with van der Waals surface area (Å²) in [6.07, 6.45) is 5.30. The summed E-state index contributed by atoms with van der Waals surface area (Å²) in [6, 6.07) is 13.7. The van der Waals surface area contributed by atoms with Gasteiger partial charge in [0.25, 0.3) is 0 Å². The maximum atomic E-state index is 12.8. The van der Waals surface area contributed by atoms with E-state index in [0.29, 0.717) is 18.9 Å². The second kappa shape index (κ2) is 10.2. The van der Waals surface area contributed by atoms with Gasteiger partial charge in [-0.3, -0.25) is 4.79 Å². The molecule has 168 valence electrons. The molecule has 1 N–H and O–H groups in total. The smallest absolute Gasteiger partial charge is 0.246 e. The van der Waals surface area contributed by atoms with E-state index in [2.05, 4.69) is 16.8 Å². The van der Waals surface area contributed by atoms with Gasteiger partial charge in [-0.25, -0.2) is 4.98 Å². The average molecular weight is 435 g/mol. The zero-order chi connectivity index (χ0) is 22.3. The van der Waals surface area contributed by atoms with Crippen LogP contribution in [0.25, 0.3) is 17.1 Å². The summed E-state index contributed by atoms with van der Waals surface area (Å²) < 4.78 is 11.1. The highest BCUT2D eigenvalue weighted by molar-refractivity contribution is 5.92. The molecule has 1 fully saturated rings. The molecule has 2 aromatic carbocycles. The number of carbonyl (C=O) groups excluding carboxylic acids is 1. The number of nitrogens with zero attached hydrogens (tertiary/aromatic N) is 3. The van der Waals surface area contributed by atoms with Crippen LogP contribution in [-0.2, 0) is 4.79 Å². The first kappa shape index (κ1) is 21.7. The van der Waals surface area contributed by atoms with Gasteiger partial charge in [-0.15, -0.1) is 0 Å². The molecule has 0 saturated carbocycles. The van der Waals surface area contributed by atoms with Gasteiger partial charge in [0, 0.05) is 32.3 Å². The predicted molar refractivity (Wildman–Crippen MR) is 127 cm³/mol. The number of carbonyl (C=O) groups is 1. The molecule has 0 aliphatic carbocycles. The van der Waals surface area contributed by atoms with E-state index in [-0.39, 0.29) is 5.91 Å². The molecule has 3 aromatic rings. The van der Waals surface area contributed by atoms with Crippen LogP contribution in [0.4, 0.5) is 5.95 Å². The van der Waals surface area contributed by atoms with Gasteiger partial charge in [0.15, 0.2) is 11.5 Å². The van der Waals surface area contributed by atoms with Gasteiger partial charge < -0.3 is 24.3 Å². The van der Waals surface area contributed by atoms with Crippen molar-refractivity contribution in [3.05, 3.63) is 54.1 Å². The van der Waals surface area contributed by atoms with Crippen LogP contribution in [0.2, 0.25) is 0 Å². The summed E-state index contributed by atoms with van der Waals surface area (Å²) in [5.41, 5.74) is 2.89. The molecule has 32 heavy (non-hydrogen) atoms. The third-order valence-electron chi connectivity index (χ3n) is 5.55. The molecule has 0 bridgehead atoms. The van der Waals surface area contributed by atoms with Crippen LogP contribution in [0.1, 0.15) is 25.3 Å². The van der Waals surface area contributed by atoms with Crippen molar-refractivity contribution in [2.24, 2.45) is 0 Å². The molecule has 1 aromatic heterocycles. The van der Waals surface area contributed by atoms with Gasteiger partial charge in [-0.2, -0.15) is 0 Å². The number of benzene rings is 2. The standard InChI is InChI=1S/C25H30N4O3/c1-3-17-32-22-11-9-19(18-23(22)31-2)10-12-24(30)28-13-6-14-29(16-15-28)25-26-20-7-4-5-8-21(20)27-25/h4-5,7-12,18H,3,6,13-17H2,1-2H3,(H,26,27)/b12-10+. The molecule has 0 atom stereocenters. The van der Waals surface area contributed by atoms with Crippen LogP contribution in [0.3, 0.4) is 0 Å². The highest BCUT2D eigenvalue weighted by atomic mass is 16.5. The Hall–Kier alpha value is -3.48. The van der Waals surface area contributed by atoms with Crippen molar-refractivity contribution in [1.29, 1.82) is 0 Å². The Morgan fingerprint density at radius 3 is 2.81 bits per heavy atom. The quantitative estimate of drug-likeness (QED) is 0.567. The lowest BCUT2D eigenvalue weighted by molar-refractivity contribution is -0.125. The Morgan fingerprint density at radius 2 is 2.00 bits per heavy atom. The van der Waals surface area contributed by atoms with E-state index in [0.717, 1.165) is 60.8 Å². The number of imidazole rings is 1. The molecule has 4 rings (SSSR count). The van der Waals surface area contributed by atoms with Crippen molar-refractivity contribution in [2.75, 3.05) is 44.8 Å². The predicted octanol–water partition coefficient (Wildman–Crippen LogP) is 4.11. The number of amides is 1. The summed E-state index contributed by atoms with van der Waals surface area (Å²) in [5, 5.41) is 0. The van der Waals surface area contributed by atoms with Gasteiger partial charge in [0.1, 0.15) is 0 Å². The molecule has 1 aliphatic heterocycles. The number of H-pyrrole nitrogens is 1. The van der Waals surface area contributed by atoms with E-state index in [1.807, 2.05) is 53.4 Å². The number of nitrogens with one attached hydrogen (secondary N) is 1. The van der Waals surface area contributed by atoms with Gasteiger partial charge >= 0.3 is 0 Å². The molecule has 1 saturated heterocycles. The van der Waals surface area contributed by atoms with Crippen LogP contribution < -0.4 is 14.4 Å². The van der Waals surface area contributed by atoms with Gasteiger partial charge in [-0.1, -0.05) is 25.1 Å². The van der Waals surface area contributed by atoms with Gasteiger partial charge in [-0.05, 0) is 48.7 Å². The second-order valence-electron chi connectivity index (χ2n) is 7.84. The SMILES string of the molecule is CCCOc1ccc(/C=C/C(=O)N2CCCN(c3nc4ccccc4[nH]3)CC2)cc1OC. The number of ether oxygens (including phenoxy) is 2. The Balaban J connectivity index is 1.38. The number of para-hydroxylation sites is 2. The number of aromatic nitrogens is 2. The summed E-state index contributed by atoms with van der Waals surface area (Å²) >= 11 is 0. The summed E-state index contributed by atoms with van der Waals surface area (Å²) in [5.74, 6) is 2.27. The number of methoxy groups -OCH3 is 1. The molecule has 0 radical (unpaired) electrons. The van der Waals surface area contributed by atoms with Gasteiger partial charge in [0.05, 0.1) is 24.8 Å². The van der Waals surface area contributed by atoms with E-state index in [9.17, 15) is 4.79 Å². The fourth-order valence-corrected chi connectivity index (χ4v) is 3.83. The number of rotatable bonds is 7. The van der Waals surface area contributed by atoms with Gasteiger partial charge in [0.2, 0.25) is 11.9 Å². The Morgan fingerprint density at radius 1 is 1.12 bits per heavy atom. The maximum absolute atomic E-state index is 12.8. The molecule has 7 nitrogen and oxygen atoms in total. The Kier molecular flexibility index (Phi) is 6.94. The Bertz CT molecular complexity index is 1060. The normalized spacial score (nSPS) is 14.7. The monoisotopic (exact) mass is 434 g/mol. The summed E-state index contributed by atoms with van der Waals surface area (Å²) in [4.78, 5) is 25.0. The molecule has 7 heteroatoms. The van der Waals surface area contributed by atoms with E-state index in [1.165, 1.54) is 0 Å². The first-order chi connectivity index (χ1) is 15.7. The first-order valence-electron chi connectivity index (χ1n) is 11.2. The number of fused-ring (bicyclic) bond motifs is 1. The van der Waals surface area contributed by atoms with Crippen molar-refractivity contribution in [3.63, 3.8) is 0 Å². The largest absolute Gasteiger partial charge is 0.493 e. The molecule has 0 unspecified atom stereocenters. The van der Waals surface area contributed by atoms with Crippen molar-refractivity contribution in [3.8, 4) is 11.5 Å². The number of hydrogen-bond donors (Lipinski definition) is 1. The highest BCUT2D eigenvalue weighted by Crippen LogP contribution is 2.28. The molecule has 1 amide bonds. The van der Waals surface area contributed by atoms with Crippen LogP contribution in [0, 0.1) is 0 Å². The molecular formula is C25H30N4O3. The van der Waals surface area contributed by atoms with Crippen molar-refractivity contribution < 1.29 is 14.3 Å². The summed E-state index contributed by atoms with van der Waals surface area (Å²) in [6.45, 7) is 5.71. The highest BCUT2D eigenvalue weighted by Gasteiger charge is 2.19. The minimum absolute atomic E-state index is 0.0155. The topological polar surface area (TPSA) is 70.7 Å². The molecule has 1 aliphatic rings. The average Bonchev–Trinajstić information content (AvgIpc) is 3.10. The number of aromatic amines is 1. The number of anilines is 1. The van der Waals surface area contributed by atoms with Crippen molar-refractivity contribution in [1.82, 2.24) is 14.9 Å². The minimum atomic E-state index is 0.0155. The lowest BCUT2D eigenvalue weighted by atomic mass is 10.2. The fraction of sp³-hybridized carbons (Fsp3) is 0.360. The lowest BCUT2D eigenvalue weighted by Gasteiger charge is -2.20. The summed E-state index contributed by atoms with van der Waals surface area (Å²) in [7, 11) is 1.62. The lowest BCUT2D eigenvalue weighted by Crippen LogP contribution is -2.34. The van der Waals surface area contributed by atoms with Crippen LogP contribution in [-0.4, -0.2) is 60.7 Å². The van der Waals surface area contributed by atoms with Crippen LogP contribution in [0.5, 0.6) is 11.5 Å². The first-order valence-corrected chi connectivity index (χ1v) is 11.2. The third-order valence-corrected chi connectivity index (χ3v) is 5.55. The Labute approximate surface area is 188 Å². The van der Waals surface area contributed by atoms with E-state index in [4.69, 9.17) is 14.5 Å². The van der Waals surface area contributed by atoms with E-state index in [1.54, 1.807) is 13.2 Å². The van der Waals surface area contributed by atoms with Crippen LogP contribution in [0.15, 0.2) is 48.5 Å². The molecular weight excluding hydrogens is 404 g/mol. The van der Waals surface area contributed by atoms with E-state index < -0.39 is 0 Å². The minimum Gasteiger partial charge on any atom is -0.493 e. The van der Waals surface area contributed by atoms with Crippen molar-refractivity contribution >= 4 is 29.0 Å². The maximum Gasteiger partial charge on any atom is 0.246 e. The fourth-order valence-electron chi connectivity index (χ4n) is 3.83. The van der Waals surface area contributed by atoms with Crippen LogP contribution >= 0.6 is 0 Å². The number of hydrogen-bond acceptors (Lipinski definition) is 5.